The Morgan fingerprint density at radius 2 is 0.579 bits per heavy atom. The summed E-state index contributed by atoms with van der Waals surface area (Å²) in [5.41, 5.74) is 21.9. The fraction of sp³-hybridized carbons (Fsp3) is 0.174. The molecule has 0 fully saturated rings. The first kappa shape index (κ1) is 54.9. The maximum Gasteiger partial charge on any atom is 3.00 e. The van der Waals surface area contributed by atoms with E-state index in [1.807, 2.05) is 55.0 Å². The third-order valence-corrected chi connectivity index (χ3v) is 15.3. The molecule has 0 aliphatic rings. The molecule has 0 unspecified atom stereocenters. The zero-order valence-electron chi connectivity index (χ0n) is 44.1. The molecule has 10 aromatic rings. The van der Waals surface area contributed by atoms with Crippen molar-refractivity contribution in [3.8, 4) is 101 Å². The minimum absolute atomic E-state index is 0. The Kier molecular flexibility index (Phi) is 16.0. The number of benzene rings is 7. The van der Waals surface area contributed by atoms with E-state index < -0.39 is 0 Å². The molecule has 0 saturated heterocycles. The fourth-order valence-electron chi connectivity index (χ4n) is 9.50. The van der Waals surface area contributed by atoms with Gasteiger partial charge in [0.1, 0.15) is 0 Å². The van der Waals surface area contributed by atoms with E-state index in [9.17, 15) is 0 Å². The summed E-state index contributed by atoms with van der Waals surface area (Å²) in [5, 5.41) is 0. The van der Waals surface area contributed by atoms with E-state index >= 15 is 0 Å². The quantitative estimate of drug-likeness (QED) is 0.135. The monoisotopic (exact) mass is 1360 g/mol. The van der Waals surface area contributed by atoms with Crippen LogP contribution in [0.1, 0.15) is 79.0 Å². The first-order valence-electron chi connectivity index (χ1n) is 25.3. The van der Waals surface area contributed by atoms with Crippen molar-refractivity contribution >= 4 is 47.8 Å². The van der Waals surface area contributed by atoms with Crippen molar-refractivity contribution in [1.82, 2.24) is 15.0 Å². The molecule has 0 radical (unpaired) electrons. The summed E-state index contributed by atoms with van der Waals surface area (Å²) in [5.74, 6) is 0. The van der Waals surface area contributed by atoms with Crippen LogP contribution < -0.4 is 0 Å². The van der Waals surface area contributed by atoms with Gasteiger partial charge in [0.15, 0.2) is 0 Å². The molecule has 3 heterocycles. The van der Waals surface area contributed by atoms with Crippen molar-refractivity contribution < 1.29 is 20.1 Å². The van der Waals surface area contributed by atoms with Gasteiger partial charge in [-0.1, -0.05) is 196 Å². The molecule has 0 amide bonds. The molecule has 7 aromatic carbocycles. The number of rotatable bonds is 9. The number of pyridine rings is 3. The zero-order valence-corrected chi connectivity index (χ0v) is 51.3. The van der Waals surface area contributed by atoms with Crippen LogP contribution in [-0.4, -0.2) is 15.0 Å². The van der Waals surface area contributed by atoms with Crippen LogP contribution in [0.15, 0.2) is 196 Å². The molecule has 7 heteroatoms. The van der Waals surface area contributed by atoms with Gasteiger partial charge in [0.05, 0.1) is 0 Å². The second-order valence-electron chi connectivity index (χ2n) is 22.4. The maximum atomic E-state index is 5.06. The van der Waals surface area contributed by atoms with E-state index in [-0.39, 0.29) is 36.4 Å². The van der Waals surface area contributed by atoms with Gasteiger partial charge in [0, 0.05) is 18.6 Å². The summed E-state index contributed by atoms with van der Waals surface area (Å²) in [4.78, 5) is 15.2. The summed E-state index contributed by atoms with van der Waals surface area (Å²) in [6.07, 6.45) is 6.04. The number of hydrogen-bond acceptors (Lipinski definition) is 3. The predicted octanol–water partition coefficient (Wildman–Crippen LogP) is 20.5. The summed E-state index contributed by atoms with van der Waals surface area (Å²) in [6, 6.07) is 69.0. The first-order valence-corrected chi connectivity index (χ1v) is 27.6. The Morgan fingerprint density at radius 3 is 0.803 bits per heavy atom. The zero-order chi connectivity index (χ0) is 52.8. The second kappa shape index (κ2) is 22.2. The number of halogens is 3. The summed E-state index contributed by atoms with van der Waals surface area (Å²) in [6.45, 7) is 20.5. The molecule has 3 nitrogen and oxygen atoms in total. The molecule has 0 bridgehead atoms. The molecular formula is C69H57Br3IrN3. The molecule has 0 spiro atoms. The minimum atomic E-state index is -0.0937. The molecular weight excluding hydrogens is 1300 g/mol. The minimum Gasteiger partial charge on any atom is -0.304 e. The summed E-state index contributed by atoms with van der Waals surface area (Å²) >= 11 is 10.9. The van der Waals surface area contributed by atoms with Crippen LogP contribution in [0.5, 0.6) is 0 Å². The van der Waals surface area contributed by atoms with Crippen LogP contribution in [0.3, 0.4) is 0 Å². The normalized spacial score (nSPS) is 11.8. The van der Waals surface area contributed by atoms with Crippen LogP contribution in [-0.2, 0) is 36.4 Å². The summed E-state index contributed by atoms with van der Waals surface area (Å²) in [7, 11) is 0. The standard InChI is InChI=1S/C69H57Br3N3.Ir/c1-67(2,3)52-22-25-58(61(37-52)46-19-28-64(73-40-46)43-13-10-16-55(70)34-43)49-31-50(59-26-23-53(68(4,5)6)38-62(59)47-20-29-65(74-41-47)44-14-11-17-56(71)35-44)33-51(32-49)60-27-24-54(69(7,8)9)39-63(60)48-21-30-66(75-42-48)45-15-12-18-57(72)36-45;/h10-12,16-42H,1-9H3;/q-3;+3. The van der Waals surface area contributed by atoms with Crippen molar-refractivity contribution in [1.29, 1.82) is 0 Å². The first-order chi connectivity index (χ1) is 35.7. The molecule has 0 saturated carbocycles. The predicted molar refractivity (Wildman–Crippen MR) is 324 cm³/mol. The van der Waals surface area contributed by atoms with E-state index in [4.69, 9.17) is 15.0 Å². The van der Waals surface area contributed by atoms with Crippen LogP contribution >= 0.6 is 47.8 Å². The third kappa shape index (κ3) is 12.1. The Hall–Kier alpha value is -5.92. The van der Waals surface area contributed by atoms with Gasteiger partial charge in [-0.3, -0.25) is 0 Å². The second-order valence-corrected chi connectivity index (χ2v) is 25.1. The smallest absolute Gasteiger partial charge is 0.304 e. The van der Waals surface area contributed by atoms with E-state index in [0.717, 1.165) is 114 Å². The maximum absolute atomic E-state index is 5.06. The molecule has 0 atom stereocenters. The number of nitrogens with zero attached hydrogens (tertiary/aromatic N) is 3. The van der Waals surface area contributed by atoms with Crippen molar-refractivity contribution in [2.75, 3.05) is 0 Å². The van der Waals surface area contributed by atoms with Gasteiger partial charge < -0.3 is 15.0 Å². The van der Waals surface area contributed by atoms with Gasteiger partial charge in [0.25, 0.3) is 0 Å². The molecule has 0 N–H and O–H groups in total. The SMILES string of the molecule is CC(C)(C)c1ccc(-c2cc(-c3ccc(C(C)(C)C)cc3-c3ccc(-c4[c-]ccc(Br)c4)nc3)cc(-c3ccc(C(C)(C)C)cc3-c3ccc(-c4[c-]ccc(Br)c4)nc3)c2)c(-c2ccc(-c3[c-]ccc(Br)c3)nc2)c1.[Ir+3]. The summed E-state index contributed by atoms with van der Waals surface area (Å²) < 4.78 is 2.97. The third-order valence-electron chi connectivity index (χ3n) is 13.9. The molecule has 378 valence electrons. The largest absolute Gasteiger partial charge is 3.00 e. The number of aromatic nitrogens is 3. The van der Waals surface area contributed by atoms with Gasteiger partial charge in [-0.2, -0.15) is 0 Å². The fourth-order valence-corrected chi connectivity index (χ4v) is 10.6. The van der Waals surface area contributed by atoms with Gasteiger partial charge >= 0.3 is 20.1 Å². The molecule has 0 aliphatic heterocycles. The average molecular weight is 1360 g/mol. The Bertz CT molecular complexity index is 3330. The van der Waals surface area contributed by atoms with E-state index in [2.05, 4.69) is 256 Å². The molecule has 10 rings (SSSR count). The average Bonchev–Trinajstić information content (AvgIpc) is 3.39. The molecule has 3 aromatic heterocycles. The number of hydrogen-bond donors (Lipinski definition) is 0. The van der Waals surface area contributed by atoms with Crippen LogP contribution in [0.25, 0.3) is 101 Å². The Labute approximate surface area is 488 Å². The molecule has 76 heavy (non-hydrogen) atoms. The van der Waals surface area contributed by atoms with Gasteiger partial charge in [-0.05, 0) is 153 Å². The van der Waals surface area contributed by atoms with Crippen molar-refractivity contribution in [2.24, 2.45) is 0 Å². The van der Waals surface area contributed by atoms with Gasteiger partial charge in [-0.25, -0.2) is 0 Å². The van der Waals surface area contributed by atoms with E-state index in [0.29, 0.717) is 0 Å². The Balaban J connectivity index is 0.00000706. The van der Waals surface area contributed by atoms with Gasteiger partial charge in [0.2, 0.25) is 0 Å². The van der Waals surface area contributed by atoms with Crippen molar-refractivity contribution in [3.05, 3.63) is 231 Å². The van der Waals surface area contributed by atoms with E-state index in [1.165, 1.54) is 16.7 Å². The van der Waals surface area contributed by atoms with Crippen LogP contribution in [0, 0.1) is 18.2 Å². The van der Waals surface area contributed by atoms with Crippen LogP contribution in [0.4, 0.5) is 0 Å². The van der Waals surface area contributed by atoms with E-state index in [1.54, 1.807) is 0 Å². The van der Waals surface area contributed by atoms with Crippen molar-refractivity contribution in [2.45, 2.75) is 78.6 Å². The van der Waals surface area contributed by atoms with Crippen molar-refractivity contribution in [3.63, 3.8) is 0 Å². The van der Waals surface area contributed by atoms with Crippen LogP contribution in [0.2, 0.25) is 0 Å². The van der Waals surface area contributed by atoms with Gasteiger partial charge in [-0.15, -0.1) is 89.5 Å². The molecule has 0 aliphatic carbocycles. The topological polar surface area (TPSA) is 38.7 Å². The Morgan fingerprint density at radius 1 is 0.303 bits per heavy atom.